The summed E-state index contributed by atoms with van der Waals surface area (Å²) in [6.45, 7) is 2.29. The van der Waals surface area contributed by atoms with Crippen molar-refractivity contribution in [1.82, 2.24) is 0 Å². The van der Waals surface area contributed by atoms with E-state index >= 15 is 0 Å². The van der Waals surface area contributed by atoms with E-state index in [9.17, 15) is 0 Å². The van der Waals surface area contributed by atoms with Gasteiger partial charge in [-0.2, -0.15) is 0 Å². The van der Waals surface area contributed by atoms with Crippen LogP contribution in [0.25, 0.3) is 0 Å². The zero-order chi connectivity index (χ0) is 13.2. The van der Waals surface area contributed by atoms with Crippen molar-refractivity contribution in [1.29, 1.82) is 0 Å². The highest BCUT2D eigenvalue weighted by Crippen LogP contribution is 2.34. The summed E-state index contributed by atoms with van der Waals surface area (Å²) < 4.78 is 0.958. The van der Waals surface area contributed by atoms with Gasteiger partial charge in [0.1, 0.15) is 4.99 Å². The van der Waals surface area contributed by atoms with Gasteiger partial charge in [0, 0.05) is 21.3 Å². The Bertz CT molecular complexity index is 453. The summed E-state index contributed by atoms with van der Waals surface area (Å²) in [6, 6.07) is 6.04. The smallest absolute Gasteiger partial charge is 0.107 e. The van der Waals surface area contributed by atoms with Gasteiger partial charge in [-0.15, -0.1) is 0 Å². The number of halogens is 1. The summed E-state index contributed by atoms with van der Waals surface area (Å²) in [5.74, 6) is 0. The maximum absolute atomic E-state index is 5.83. The lowest BCUT2D eigenvalue weighted by Gasteiger charge is -2.36. The van der Waals surface area contributed by atoms with Gasteiger partial charge in [0.25, 0.3) is 0 Å². The molecule has 2 rings (SSSR count). The molecule has 0 heterocycles. The molecule has 0 radical (unpaired) electrons. The van der Waals surface area contributed by atoms with Gasteiger partial charge >= 0.3 is 0 Å². The van der Waals surface area contributed by atoms with E-state index in [1.54, 1.807) is 0 Å². The number of benzene rings is 1. The first-order valence-corrected chi connectivity index (χ1v) is 7.58. The van der Waals surface area contributed by atoms with E-state index in [0.717, 1.165) is 15.7 Å². The molecule has 1 fully saturated rings. The molecule has 98 valence electrons. The zero-order valence-electron chi connectivity index (χ0n) is 10.6. The van der Waals surface area contributed by atoms with Crippen molar-refractivity contribution in [3.8, 4) is 0 Å². The average Bonchev–Trinajstić information content (AvgIpc) is 2.28. The molecule has 1 saturated carbocycles. The molecule has 1 aliphatic rings. The number of rotatable bonds is 3. The van der Waals surface area contributed by atoms with E-state index in [1.165, 1.54) is 32.1 Å². The third-order valence-electron chi connectivity index (χ3n) is 3.65. The Balaban J connectivity index is 2.28. The molecular formula is C14H19BrN2S. The lowest BCUT2D eigenvalue weighted by molar-refractivity contribution is 0.349. The lowest BCUT2D eigenvalue weighted by Crippen LogP contribution is -2.37. The van der Waals surface area contributed by atoms with E-state index in [2.05, 4.69) is 34.2 Å². The number of hydrogen-bond acceptors (Lipinski definition) is 2. The van der Waals surface area contributed by atoms with Crippen molar-refractivity contribution in [2.75, 3.05) is 5.32 Å². The maximum atomic E-state index is 5.83. The van der Waals surface area contributed by atoms with Crippen LogP contribution in [0.4, 0.5) is 5.69 Å². The van der Waals surface area contributed by atoms with Crippen LogP contribution in [0.1, 0.15) is 44.6 Å². The third-order valence-corrected chi connectivity index (χ3v) is 4.52. The van der Waals surface area contributed by atoms with Crippen molar-refractivity contribution in [3.05, 3.63) is 28.2 Å². The lowest BCUT2D eigenvalue weighted by atomic mass is 9.83. The molecule has 1 aromatic carbocycles. The molecule has 0 aromatic heterocycles. The highest BCUT2D eigenvalue weighted by Gasteiger charge is 2.27. The molecule has 4 heteroatoms. The zero-order valence-corrected chi connectivity index (χ0v) is 13.0. The Labute approximate surface area is 122 Å². The van der Waals surface area contributed by atoms with Crippen LogP contribution in [0.15, 0.2) is 22.7 Å². The van der Waals surface area contributed by atoms with Crippen LogP contribution in [0.2, 0.25) is 0 Å². The van der Waals surface area contributed by atoms with Gasteiger partial charge in [0.15, 0.2) is 0 Å². The second kappa shape index (κ2) is 5.57. The first kappa shape index (κ1) is 13.8. The topological polar surface area (TPSA) is 38.0 Å². The first-order valence-electron chi connectivity index (χ1n) is 6.38. The minimum atomic E-state index is 0.165. The second-order valence-corrected chi connectivity index (χ2v) is 6.57. The van der Waals surface area contributed by atoms with E-state index in [-0.39, 0.29) is 5.54 Å². The number of nitrogens with two attached hydrogens (primary N) is 1. The summed E-state index contributed by atoms with van der Waals surface area (Å²) in [7, 11) is 0. The van der Waals surface area contributed by atoms with E-state index in [0.29, 0.717) is 4.99 Å². The molecule has 0 aliphatic heterocycles. The van der Waals surface area contributed by atoms with Crippen molar-refractivity contribution in [2.24, 2.45) is 5.73 Å². The molecule has 2 nitrogen and oxygen atoms in total. The molecule has 1 aromatic rings. The fraction of sp³-hybridized carbons (Fsp3) is 0.500. The SMILES string of the molecule is CC1(Nc2cccc(Br)c2C(N)=S)CCCCC1. The Morgan fingerprint density at radius 2 is 2.00 bits per heavy atom. The van der Waals surface area contributed by atoms with Crippen LogP contribution in [0, 0.1) is 0 Å². The summed E-state index contributed by atoms with van der Waals surface area (Å²) in [5.41, 5.74) is 7.95. The maximum Gasteiger partial charge on any atom is 0.107 e. The Hall–Kier alpha value is -0.610. The van der Waals surface area contributed by atoms with Crippen LogP contribution in [0.3, 0.4) is 0 Å². The van der Waals surface area contributed by atoms with Crippen molar-refractivity contribution in [2.45, 2.75) is 44.6 Å². The number of thiocarbonyl (C=S) groups is 1. The Morgan fingerprint density at radius 3 is 2.61 bits per heavy atom. The standard InChI is InChI=1S/C14H19BrN2S/c1-14(8-3-2-4-9-14)17-11-7-5-6-10(15)12(11)13(16)18/h5-7,17H,2-4,8-9H2,1H3,(H2,16,18). The van der Waals surface area contributed by atoms with Gasteiger partial charge in [-0.05, 0) is 47.8 Å². The van der Waals surface area contributed by atoms with Crippen LogP contribution in [-0.2, 0) is 0 Å². The summed E-state index contributed by atoms with van der Waals surface area (Å²) in [4.78, 5) is 0.435. The van der Waals surface area contributed by atoms with Gasteiger partial charge in [-0.25, -0.2) is 0 Å². The van der Waals surface area contributed by atoms with Crippen LogP contribution < -0.4 is 11.1 Å². The summed E-state index contributed by atoms with van der Waals surface area (Å²) in [5, 5.41) is 3.65. The normalized spacial score (nSPS) is 18.3. The predicted octanol–water partition coefficient (Wildman–Crippen LogP) is 4.22. The molecule has 0 bridgehead atoms. The van der Waals surface area contributed by atoms with E-state index in [1.807, 2.05) is 12.1 Å². The monoisotopic (exact) mass is 326 g/mol. The predicted molar refractivity (Wildman–Crippen MR) is 85.1 cm³/mol. The molecule has 0 spiro atoms. The Kier molecular flexibility index (Phi) is 4.28. The number of anilines is 1. The minimum Gasteiger partial charge on any atom is -0.389 e. The van der Waals surface area contributed by atoms with Crippen LogP contribution in [-0.4, -0.2) is 10.5 Å². The van der Waals surface area contributed by atoms with Gasteiger partial charge in [0.2, 0.25) is 0 Å². The Morgan fingerprint density at radius 1 is 1.33 bits per heavy atom. The second-order valence-electron chi connectivity index (χ2n) is 5.27. The number of nitrogens with one attached hydrogen (secondary N) is 1. The van der Waals surface area contributed by atoms with Gasteiger partial charge in [-0.1, -0.05) is 37.5 Å². The van der Waals surface area contributed by atoms with Crippen LogP contribution in [0.5, 0.6) is 0 Å². The average molecular weight is 327 g/mol. The number of hydrogen-bond donors (Lipinski definition) is 2. The van der Waals surface area contributed by atoms with Gasteiger partial charge in [0.05, 0.1) is 0 Å². The highest BCUT2D eigenvalue weighted by atomic mass is 79.9. The van der Waals surface area contributed by atoms with Gasteiger partial charge in [-0.3, -0.25) is 0 Å². The fourth-order valence-corrected chi connectivity index (χ4v) is 3.59. The highest BCUT2D eigenvalue weighted by molar-refractivity contribution is 9.10. The van der Waals surface area contributed by atoms with Gasteiger partial charge < -0.3 is 11.1 Å². The molecule has 1 aliphatic carbocycles. The molecule has 0 saturated heterocycles. The van der Waals surface area contributed by atoms with E-state index in [4.69, 9.17) is 18.0 Å². The quantitative estimate of drug-likeness (QED) is 0.817. The third kappa shape index (κ3) is 3.04. The fourth-order valence-electron chi connectivity index (χ4n) is 2.66. The molecule has 18 heavy (non-hydrogen) atoms. The first-order chi connectivity index (χ1) is 8.52. The molecular weight excluding hydrogens is 308 g/mol. The molecule has 0 unspecified atom stereocenters. The van der Waals surface area contributed by atoms with Crippen molar-refractivity contribution >= 4 is 38.8 Å². The summed E-state index contributed by atoms with van der Waals surface area (Å²) >= 11 is 8.67. The minimum absolute atomic E-state index is 0.165. The van der Waals surface area contributed by atoms with Crippen LogP contribution >= 0.6 is 28.1 Å². The molecule has 0 atom stereocenters. The molecule has 0 amide bonds. The van der Waals surface area contributed by atoms with E-state index < -0.39 is 0 Å². The molecule has 3 N–H and O–H groups in total. The summed E-state index contributed by atoms with van der Waals surface area (Å²) in [6.07, 6.45) is 6.34. The van der Waals surface area contributed by atoms with Crippen molar-refractivity contribution < 1.29 is 0 Å². The van der Waals surface area contributed by atoms with Crippen molar-refractivity contribution in [3.63, 3.8) is 0 Å². The largest absolute Gasteiger partial charge is 0.389 e.